The van der Waals surface area contributed by atoms with Gasteiger partial charge >= 0.3 is 14.2 Å². The molecule has 2 fully saturated rings. The molecule has 0 aromatic heterocycles. The molecule has 0 saturated carbocycles. The second-order valence-corrected chi connectivity index (χ2v) is 10.0. The molecule has 28 heavy (non-hydrogen) atoms. The van der Waals surface area contributed by atoms with Crippen LogP contribution < -0.4 is 10.9 Å². The monoisotopic (exact) mass is 380 g/mol. The third-order valence-corrected chi connectivity index (χ3v) is 6.91. The molecule has 2 saturated heterocycles. The first kappa shape index (κ1) is 20.0. The largest absolute Gasteiger partial charge is 0.494 e. The van der Waals surface area contributed by atoms with Crippen molar-refractivity contribution in [2.24, 2.45) is 0 Å². The van der Waals surface area contributed by atoms with Gasteiger partial charge in [-0.2, -0.15) is 0 Å². The van der Waals surface area contributed by atoms with Crippen LogP contribution in [0.4, 0.5) is 0 Å². The molecule has 148 valence electrons. The molecule has 4 aliphatic rings. The van der Waals surface area contributed by atoms with Crippen molar-refractivity contribution in [2.45, 2.75) is 77.8 Å². The van der Waals surface area contributed by atoms with Crippen LogP contribution in [0, 0.1) is 0 Å². The molecular formula is C22H30B2O4. The molecule has 0 radical (unpaired) electrons. The second-order valence-electron chi connectivity index (χ2n) is 10.0. The van der Waals surface area contributed by atoms with Crippen molar-refractivity contribution < 1.29 is 18.6 Å². The first-order valence-corrected chi connectivity index (χ1v) is 10.1. The molecule has 6 heteroatoms. The summed E-state index contributed by atoms with van der Waals surface area (Å²) in [6.07, 6.45) is 0. The van der Waals surface area contributed by atoms with E-state index in [1.807, 2.05) is 0 Å². The Morgan fingerprint density at radius 3 is 1.18 bits per heavy atom. The lowest BCUT2D eigenvalue weighted by Gasteiger charge is -2.32. The van der Waals surface area contributed by atoms with E-state index in [4.69, 9.17) is 18.6 Å². The Hall–Kier alpha value is -1.33. The van der Waals surface area contributed by atoms with E-state index >= 15 is 0 Å². The SMILES string of the molecule is CC1(C)OB(c2cc(B3OC(C)(C)C(C)(C)O3)cc3cccc-3c2)OC1(C)C. The first-order chi connectivity index (χ1) is 12.8. The summed E-state index contributed by atoms with van der Waals surface area (Å²) in [4.78, 5) is 0. The third-order valence-electron chi connectivity index (χ3n) is 6.91. The highest BCUT2D eigenvalue weighted by Crippen LogP contribution is 2.38. The van der Waals surface area contributed by atoms with E-state index in [0.717, 1.165) is 22.1 Å². The summed E-state index contributed by atoms with van der Waals surface area (Å²) in [6.45, 7) is 16.6. The van der Waals surface area contributed by atoms with Crippen LogP contribution in [0.1, 0.15) is 55.4 Å². The summed E-state index contributed by atoms with van der Waals surface area (Å²) >= 11 is 0. The van der Waals surface area contributed by atoms with Crippen molar-refractivity contribution >= 4 is 25.2 Å². The molecule has 2 heterocycles. The van der Waals surface area contributed by atoms with Gasteiger partial charge < -0.3 is 18.6 Å². The van der Waals surface area contributed by atoms with Crippen LogP contribution in [-0.4, -0.2) is 36.6 Å². The normalized spacial score (nSPS) is 24.9. The molecule has 0 aromatic carbocycles. The highest BCUT2D eigenvalue weighted by atomic mass is 16.7. The van der Waals surface area contributed by atoms with E-state index in [9.17, 15) is 0 Å². The third kappa shape index (κ3) is 3.11. The van der Waals surface area contributed by atoms with Crippen molar-refractivity contribution in [3.05, 3.63) is 36.4 Å². The highest BCUT2D eigenvalue weighted by molar-refractivity contribution is 6.66. The van der Waals surface area contributed by atoms with Gasteiger partial charge in [0.05, 0.1) is 22.4 Å². The first-order valence-electron chi connectivity index (χ1n) is 10.1. The maximum Gasteiger partial charge on any atom is 0.494 e. The molecule has 0 N–H and O–H groups in total. The molecule has 2 aliphatic heterocycles. The van der Waals surface area contributed by atoms with Gasteiger partial charge in [-0.15, -0.1) is 0 Å². The van der Waals surface area contributed by atoms with Crippen LogP contribution in [0.15, 0.2) is 36.4 Å². The molecule has 4 rings (SSSR count). The lowest BCUT2D eigenvalue weighted by molar-refractivity contribution is 0.00578. The molecule has 0 unspecified atom stereocenters. The highest BCUT2D eigenvalue weighted by Gasteiger charge is 2.53. The lowest BCUT2D eigenvalue weighted by Crippen LogP contribution is -2.41. The van der Waals surface area contributed by atoms with Gasteiger partial charge in [0.1, 0.15) is 0 Å². The van der Waals surface area contributed by atoms with E-state index in [1.54, 1.807) is 0 Å². The zero-order chi connectivity index (χ0) is 20.5. The van der Waals surface area contributed by atoms with Crippen LogP contribution in [0.2, 0.25) is 0 Å². The Balaban J connectivity index is 1.77. The van der Waals surface area contributed by atoms with Crippen molar-refractivity contribution in [1.29, 1.82) is 0 Å². The summed E-state index contributed by atoms with van der Waals surface area (Å²) in [5.74, 6) is 0. The van der Waals surface area contributed by atoms with Crippen LogP contribution in [0.25, 0.3) is 11.1 Å². The summed E-state index contributed by atoms with van der Waals surface area (Å²) in [6, 6.07) is 12.7. The minimum atomic E-state index is -0.434. The Kier molecular flexibility index (Phi) is 4.34. The van der Waals surface area contributed by atoms with Crippen molar-refractivity contribution in [2.75, 3.05) is 0 Å². The maximum atomic E-state index is 6.31. The Morgan fingerprint density at radius 1 is 0.536 bits per heavy atom. The predicted octanol–water partition coefficient (Wildman–Crippen LogP) is 3.39. The standard InChI is InChI=1S/C22H30B2O4/c1-19(2)20(3,4)26-23(25-19)17-12-15-10-9-11-16(15)13-18(14-17)24-27-21(5,6)22(7,8)28-24/h9-14H,1-8H3. The van der Waals surface area contributed by atoms with Crippen LogP contribution in [-0.2, 0) is 18.6 Å². The van der Waals surface area contributed by atoms with E-state index in [1.165, 1.54) is 0 Å². The molecule has 0 spiro atoms. The minimum absolute atomic E-state index is 0.387. The smallest absolute Gasteiger partial charge is 0.399 e. The number of rotatable bonds is 2. The fourth-order valence-electron chi connectivity index (χ4n) is 3.58. The van der Waals surface area contributed by atoms with Gasteiger partial charge in [-0.25, -0.2) is 0 Å². The van der Waals surface area contributed by atoms with E-state index in [-0.39, 0.29) is 22.4 Å². The van der Waals surface area contributed by atoms with Gasteiger partial charge in [0.15, 0.2) is 0 Å². The van der Waals surface area contributed by atoms with Gasteiger partial charge in [-0.05, 0) is 77.4 Å². The summed E-state index contributed by atoms with van der Waals surface area (Å²) in [5.41, 5.74) is 2.70. The topological polar surface area (TPSA) is 36.9 Å². The Morgan fingerprint density at radius 2 is 0.857 bits per heavy atom. The Labute approximate surface area is 169 Å². The van der Waals surface area contributed by atoms with Gasteiger partial charge in [-0.3, -0.25) is 0 Å². The van der Waals surface area contributed by atoms with Crippen LogP contribution >= 0.6 is 0 Å². The summed E-state index contributed by atoms with van der Waals surface area (Å²) < 4.78 is 25.3. The molecule has 2 aliphatic carbocycles. The fraction of sp³-hybridized carbons (Fsp3) is 0.545. The average Bonchev–Trinajstić information content (AvgIpc) is 3.07. The van der Waals surface area contributed by atoms with E-state index in [2.05, 4.69) is 91.8 Å². The van der Waals surface area contributed by atoms with E-state index < -0.39 is 14.2 Å². The number of hydrogen-bond donors (Lipinski definition) is 0. The predicted molar refractivity (Wildman–Crippen MR) is 114 cm³/mol. The number of fused-ring (bicyclic) bond motifs is 1. The second kappa shape index (κ2) is 6.08. The number of hydrogen-bond acceptors (Lipinski definition) is 4. The molecule has 0 amide bonds. The fourth-order valence-corrected chi connectivity index (χ4v) is 3.58. The van der Waals surface area contributed by atoms with Crippen molar-refractivity contribution in [3.63, 3.8) is 0 Å². The average molecular weight is 380 g/mol. The van der Waals surface area contributed by atoms with Crippen molar-refractivity contribution in [3.8, 4) is 11.1 Å². The molecule has 0 atom stereocenters. The molecule has 4 nitrogen and oxygen atoms in total. The van der Waals surface area contributed by atoms with Gasteiger partial charge in [0.25, 0.3) is 0 Å². The van der Waals surface area contributed by atoms with Gasteiger partial charge in [0.2, 0.25) is 0 Å². The van der Waals surface area contributed by atoms with Gasteiger partial charge in [-0.1, -0.05) is 36.4 Å². The quantitative estimate of drug-likeness (QED) is 0.749. The summed E-state index contributed by atoms with van der Waals surface area (Å²) in [5, 5.41) is 0. The zero-order valence-electron chi connectivity index (χ0n) is 18.3. The molecule has 0 aromatic rings. The zero-order valence-corrected chi connectivity index (χ0v) is 18.3. The molecular weight excluding hydrogens is 350 g/mol. The Bertz CT molecular complexity index is 775. The van der Waals surface area contributed by atoms with Crippen molar-refractivity contribution in [1.82, 2.24) is 0 Å². The van der Waals surface area contributed by atoms with Gasteiger partial charge in [0, 0.05) is 0 Å². The lowest BCUT2D eigenvalue weighted by atomic mass is 9.74. The minimum Gasteiger partial charge on any atom is -0.399 e. The molecule has 0 bridgehead atoms. The maximum absolute atomic E-state index is 6.31. The summed E-state index contributed by atoms with van der Waals surface area (Å²) in [7, 11) is -0.867. The van der Waals surface area contributed by atoms with Crippen LogP contribution in [0.5, 0.6) is 0 Å². The van der Waals surface area contributed by atoms with Crippen LogP contribution in [0.3, 0.4) is 0 Å². The van der Waals surface area contributed by atoms with E-state index in [0.29, 0.717) is 0 Å².